The van der Waals surface area contributed by atoms with E-state index in [9.17, 15) is 4.79 Å². The molecule has 19 heavy (non-hydrogen) atoms. The Morgan fingerprint density at radius 3 is 3.00 bits per heavy atom. The molecule has 3 heterocycles. The minimum Gasteiger partial charge on any atom is -0.337 e. The lowest BCUT2D eigenvalue weighted by Gasteiger charge is -2.15. The summed E-state index contributed by atoms with van der Waals surface area (Å²) in [6, 6.07) is 0. The second-order valence-electron chi connectivity index (χ2n) is 4.95. The molecule has 100 valence electrons. The molecule has 0 unspecified atom stereocenters. The summed E-state index contributed by atoms with van der Waals surface area (Å²) >= 11 is 1.40. The lowest BCUT2D eigenvalue weighted by atomic mass is 10.1. The molecule has 0 bridgehead atoms. The number of nitrogens with zero attached hydrogens (tertiary/aromatic N) is 4. The first-order chi connectivity index (χ1) is 9.15. The molecule has 2 aromatic rings. The number of carbonyl (C=O) groups is 1. The summed E-state index contributed by atoms with van der Waals surface area (Å²) in [7, 11) is 2.02. The van der Waals surface area contributed by atoms with Crippen LogP contribution < -0.4 is 0 Å². The van der Waals surface area contributed by atoms with Crippen molar-refractivity contribution >= 4 is 17.2 Å². The Morgan fingerprint density at radius 1 is 1.53 bits per heavy atom. The standard InChI is InChI=1S/C13H16N4OS/c1-9-6-16(2)12(15-9)10-3-4-17(7-10)13(18)11-5-14-8-19-11/h5-6,8,10H,3-4,7H2,1-2H3/t10-/m0/s1. The smallest absolute Gasteiger partial charge is 0.265 e. The van der Waals surface area contributed by atoms with Gasteiger partial charge in [0.2, 0.25) is 0 Å². The van der Waals surface area contributed by atoms with Gasteiger partial charge in [0.25, 0.3) is 5.91 Å². The Morgan fingerprint density at radius 2 is 2.37 bits per heavy atom. The summed E-state index contributed by atoms with van der Waals surface area (Å²) in [5, 5.41) is 0. The van der Waals surface area contributed by atoms with Crippen molar-refractivity contribution in [3.8, 4) is 0 Å². The molecule has 1 aliphatic rings. The van der Waals surface area contributed by atoms with Gasteiger partial charge in [-0.3, -0.25) is 9.78 Å². The highest BCUT2D eigenvalue weighted by molar-refractivity contribution is 7.11. The van der Waals surface area contributed by atoms with Gasteiger partial charge in [0, 0.05) is 32.3 Å². The number of imidazole rings is 1. The molecular weight excluding hydrogens is 260 g/mol. The zero-order valence-electron chi connectivity index (χ0n) is 11.0. The Kier molecular flexibility index (Phi) is 3.10. The highest BCUT2D eigenvalue weighted by Gasteiger charge is 2.30. The van der Waals surface area contributed by atoms with Crippen LogP contribution in [0.4, 0.5) is 0 Å². The van der Waals surface area contributed by atoms with E-state index in [2.05, 4.69) is 14.5 Å². The predicted octanol–water partition coefficient (Wildman–Crippen LogP) is 1.81. The number of aryl methyl sites for hydroxylation is 2. The molecule has 3 rings (SSSR count). The van der Waals surface area contributed by atoms with Gasteiger partial charge in [-0.25, -0.2) is 4.98 Å². The number of aromatic nitrogens is 3. The summed E-state index contributed by atoms with van der Waals surface area (Å²) < 4.78 is 2.07. The van der Waals surface area contributed by atoms with Crippen LogP contribution in [0.5, 0.6) is 0 Å². The number of amides is 1. The van der Waals surface area contributed by atoms with E-state index in [1.54, 1.807) is 11.7 Å². The Hall–Kier alpha value is -1.69. The van der Waals surface area contributed by atoms with Gasteiger partial charge >= 0.3 is 0 Å². The van der Waals surface area contributed by atoms with Gasteiger partial charge in [0.1, 0.15) is 10.7 Å². The van der Waals surface area contributed by atoms with Crippen molar-refractivity contribution in [1.29, 1.82) is 0 Å². The molecule has 0 aliphatic carbocycles. The summed E-state index contributed by atoms with van der Waals surface area (Å²) in [6.45, 7) is 3.55. The summed E-state index contributed by atoms with van der Waals surface area (Å²) in [5.74, 6) is 1.52. The van der Waals surface area contributed by atoms with E-state index >= 15 is 0 Å². The van der Waals surface area contributed by atoms with E-state index in [1.165, 1.54) is 11.3 Å². The molecule has 0 spiro atoms. The number of likely N-dealkylation sites (tertiary alicyclic amines) is 1. The molecule has 1 amide bonds. The van der Waals surface area contributed by atoms with Crippen molar-refractivity contribution in [3.05, 3.63) is 34.3 Å². The molecule has 1 fully saturated rings. The highest BCUT2D eigenvalue weighted by atomic mass is 32.1. The minimum atomic E-state index is 0.0935. The zero-order chi connectivity index (χ0) is 13.4. The molecule has 0 aromatic carbocycles. The second-order valence-corrected chi connectivity index (χ2v) is 5.84. The third-order valence-electron chi connectivity index (χ3n) is 3.52. The number of carbonyl (C=O) groups excluding carboxylic acids is 1. The van der Waals surface area contributed by atoms with E-state index < -0.39 is 0 Å². The molecule has 6 heteroatoms. The minimum absolute atomic E-state index is 0.0935. The average Bonchev–Trinajstić information content (AvgIpc) is 3.08. The van der Waals surface area contributed by atoms with Gasteiger partial charge in [-0.2, -0.15) is 0 Å². The van der Waals surface area contributed by atoms with Crippen molar-refractivity contribution in [2.75, 3.05) is 13.1 Å². The van der Waals surface area contributed by atoms with Gasteiger partial charge in [0.15, 0.2) is 0 Å². The molecule has 2 aromatic heterocycles. The SMILES string of the molecule is Cc1cn(C)c([C@H]2CCN(C(=O)c3cncs3)C2)n1. The highest BCUT2D eigenvalue weighted by Crippen LogP contribution is 2.27. The van der Waals surface area contributed by atoms with Crippen LogP contribution in [0.15, 0.2) is 17.9 Å². The maximum absolute atomic E-state index is 12.2. The first-order valence-corrected chi connectivity index (χ1v) is 7.20. The van der Waals surface area contributed by atoms with E-state index in [4.69, 9.17) is 0 Å². The van der Waals surface area contributed by atoms with Gasteiger partial charge in [-0.1, -0.05) is 0 Å². The van der Waals surface area contributed by atoms with Crippen LogP contribution in [0.1, 0.15) is 33.5 Å². The van der Waals surface area contributed by atoms with E-state index in [0.29, 0.717) is 5.92 Å². The van der Waals surface area contributed by atoms with Crippen LogP contribution in [0.2, 0.25) is 0 Å². The Bertz CT molecular complexity index is 590. The Balaban J connectivity index is 1.74. The molecule has 1 saturated heterocycles. The first kappa shape index (κ1) is 12.3. The lowest BCUT2D eigenvalue weighted by Crippen LogP contribution is -2.28. The van der Waals surface area contributed by atoms with Crippen molar-refractivity contribution < 1.29 is 4.79 Å². The average molecular weight is 276 g/mol. The quantitative estimate of drug-likeness (QED) is 0.840. The van der Waals surface area contributed by atoms with Crippen molar-refractivity contribution in [1.82, 2.24) is 19.4 Å². The lowest BCUT2D eigenvalue weighted by molar-refractivity contribution is 0.0795. The van der Waals surface area contributed by atoms with Crippen molar-refractivity contribution in [3.63, 3.8) is 0 Å². The van der Waals surface area contributed by atoms with Crippen molar-refractivity contribution in [2.24, 2.45) is 7.05 Å². The van der Waals surface area contributed by atoms with Crippen LogP contribution in [0.25, 0.3) is 0 Å². The maximum Gasteiger partial charge on any atom is 0.265 e. The summed E-state index contributed by atoms with van der Waals surface area (Å²) in [5.41, 5.74) is 2.73. The van der Waals surface area contributed by atoms with Gasteiger partial charge in [0.05, 0.1) is 17.4 Å². The van der Waals surface area contributed by atoms with Gasteiger partial charge in [-0.05, 0) is 13.3 Å². The number of hydrogen-bond donors (Lipinski definition) is 0. The first-order valence-electron chi connectivity index (χ1n) is 6.33. The predicted molar refractivity (Wildman–Crippen MR) is 73.3 cm³/mol. The molecule has 0 N–H and O–H groups in total. The topological polar surface area (TPSA) is 51.0 Å². The molecule has 0 saturated carbocycles. The monoisotopic (exact) mass is 276 g/mol. The van der Waals surface area contributed by atoms with Crippen LogP contribution in [0.3, 0.4) is 0 Å². The molecule has 5 nitrogen and oxygen atoms in total. The number of hydrogen-bond acceptors (Lipinski definition) is 4. The maximum atomic E-state index is 12.2. The van der Waals surface area contributed by atoms with E-state index in [0.717, 1.165) is 35.9 Å². The van der Waals surface area contributed by atoms with Crippen LogP contribution in [0, 0.1) is 6.92 Å². The van der Waals surface area contributed by atoms with Crippen molar-refractivity contribution in [2.45, 2.75) is 19.3 Å². The number of rotatable bonds is 2. The summed E-state index contributed by atoms with van der Waals surface area (Å²) in [4.78, 5) is 23.4. The summed E-state index contributed by atoms with van der Waals surface area (Å²) in [6.07, 6.45) is 4.66. The van der Waals surface area contributed by atoms with Crippen LogP contribution in [-0.4, -0.2) is 38.4 Å². The van der Waals surface area contributed by atoms with Crippen LogP contribution in [-0.2, 0) is 7.05 Å². The molecular formula is C13H16N4OS. The largest absolute Gasteiger partial charge is 0.337 e. The third kappa shape index (κ3) is 2.28. The molecule has 1 atom stereocenters. The fourth-order valence-corrected chi connectivity index (χ4v) is 3.23. The van der Waals surface area contributed by atoms with Gasteiger partial charge < -0.3 is 9.47 Å². The second kappa shape index (κ2) is 4.77. The number of thiazole rings is 1. The fourth-order valence-electron chi connectivity index (χ4n) is 2.65. The van der Waals surface area contributed by atoms with Gasteiger partial charge in [-0.15, -0.1) is 11.3 Å². The molecule has 0 radical (unpaired) electrons. The van der Waals surface area contributed by atoms with E-state index in [1.807, 2.05) is 25.1 Å². The normalized spacial score (nSPS) is 19.1. The zero-order valence-corrected chi connectivity index (χ0v) is 11.9. The fraction of sp³-hybridized carbons (Fsp3) is 0.462. The van der Waals surface area contributed by atoms with E-state index in [-0.39, 0.29) is 5.91 Å². The van der Waals surface area contributed by atoms with Crippen LogP contribution >= 0.6 is 11.3 Å². The Labute approximate surface area is 115 Å². The third-order valence-corrected chi connectivity index (χ3v) is 4.28. The molecule has 1 aliphatic heterocycles.